The highest BCUT2D eigenvalue weighted by molar-refractivity contribution is 5.33. The van der Waals surface area contributed by atoms with E-state index in [1.165, 1.54) is 0 Å². The lowest BCUT2D eigenvalue weighted by atomic mass is 10.1. The maximum absolute atomic E-state index is 5.44. The van der Waals surface area contributed by atoms with E-state index < -0.39 is 0 Å². The standard InChI is InChI=1S/C14H22N4O2/c1-9(2)13-12(14(19-5)18(4)16-13)8-15-7-11-6-10(3)20-17-11/h6,9,15H,7-8H2,1-5H3. The fourth-order valence-corrected chi connectivity index (χ4v) is 2.27. The zero-order chi connectivity index (χ0) is 14.7. The summed E-state index contributed by atoms with van der Waals surface area (Å²) in [6.07, 6.45) is 0. The van der Waals surface area contributed by atoms with Crippen molar-refractivity contribution in [2.45, 2.75) is 39.8 Å². The average molecular weight is 278 g/mol. The Kier molecular flexibility index (Phi) is 4.44. The molecule has 0 atom stereocenters. The number of aromatic nitrogens is 3. The first-order valence-electron chi connectivity index (χ1n) is 6.75. The predicted molar refractivity (Wildman–Crippen MR) is 75.6 cm³/mol. The summed E-state index contributed by atoms with van der Waals surface area (Å²) < 4.78 is 12.3. The summed E-state index contributed by atoms with van der Waals surface area (Å²) in [5, 5.41) is 11.8. The smallest absolute Gasteiger partial charge is 0.216 e. The Labute approximate surface area is 119 Å². The fraction of sp³-hybridized carbons (Fsp3) is 0.571. The van der Waals surface area contributed by atoms with Gasteiger partial charge in [0, 0.05) is 26.2 Å². The lowest BCUT2D eigenvalue weighted by Crippen LogP contribution is -2.14. The summed E-state index contributed by atoms with van der Waals surface area (Å²) in [6, 6.07) is 1.93. The molecule has 0 aromatic carbocycles. The van der Waals surface area contributed by atoms with E-state index in [0.717, 1.165) is 28.6 Å². The number of hydrogen-bond donors (Lipinski definition) is 1. The lowest BCUT2D eigenvalue weighted by Gasteiger charge is -2.08. The first kappa shape index (κ1) is 14.6. The van der Waals surface area contributed by atoms with Gasteiger partial charge in [0.05, 0.1) is 24.1 Å². The van der Waals surface area contributed by atoms with Crippen LogP contribution in [0.5, 0.6) is 5.88 Å². The van der Waals surface area contributed by atoms with Crippen molar-refractivity contribution in [3.63, 3.8) is 0 Å². The van der Waals surface area contributed by atoms with Gasteiger partial charge in [-0.25, -0.2) is 4.68 Å². The van der Waals surface area contributed by atoms with Crippen molar-refractivity contribution in [1.82, 2.24) is 20.3 Å². The van der Waals surface area contributed by atoms with Crippen LogP contribution in [0.1, 0.15) is 42.5 Å². The molecule has 2 heterocycles. The van der Waals surface area contributed by atoms with E-state index in [1.807, 2.05) is 20.0 Å². The second-order valence-electron chi connectivity index (χ2n) is 5.18. The third-order valence-electron chi connectivity index (χ3n) is 3.14. The summed E-state index contributed by atoms with van der Waals surface area (Å²) in [4.78, 5) is 0. The van der Waals surface area contributed by atoms with E-state index in [1.54, 1.807) is 11.8 Å². The summed E-state index contributed by atoms with van der Waals surface area (Å²) in [5.41, 5.74) is 3.06. The molecule has 0 saturated carbocycles. The number of aryl methyl sites for hydroxylation is 2. The van der Waals surface area contributed by atoms with Crippen LogP contribution in [0.3, 0.4) is 0 Å². The van der Waals surface area contributed by atoms with Crippen molar-refractivity contribution >= 4 is 0 Å². The molecule has 0 aliphatic heterocycles. The predicted octanol–water partition coefficient (Wildman–Crippen LogP) is 2.14. The van der Waals surface area contributed by atoms with Gasteiger partial charge in [0.2, 0.25) is 5.88 Å². The van der Waals surface area contributed by atoms with Crippen LogP contribution in [-0.2, 0) is 20.1 Å². The SMILES string of the molecule is COc1c(CNCc2cc(C)on2)c(C(C)C)nn1C. The van der Waals surface area contributed by atoms with Crippen LogP contribution in [0.15, 0.2) is 10.6 Å². The quantitative estimate of drug-likeness (QED) is 0.877. The minimum absolute atomic E-state index is 0.358. The summed E-state index contributed by atoms with van der Waals surface area (Å²) in [5.74, 6) is 1.98. The normalized spacial score (nSPS) is 11.3. The molecule has 2 rings (SSSR count). The minimum atomic E-state index is 0.358. The van der Waals surface area contributed by atoms with E-state index in [4.69, 9.17) is 9.26 Å². The molecule has 20 heavy (non-hydrogen) atoms. The van der Waals surface area contributed by atoms with Crippen molar-refractivity contribution in [1.29, 1.82) is 0 Å². The summed E-state index contributed by atoms with van der Waals surface area (Å²) in [7, 11) is 3.57. The molecule has 0 aliphatic rings. The molecule has 0 unspecified atom stereocenters. The Bertz CT molecular complexity index is 572. The van der Waals surface area contributed by atoms with Gasteiger partial charge in [-0.1, -0.05) is 19.0 Å². The Morgan fingerprint density at radius 1 is 1.40 bits per heavy atom. The summed E-state index contributed by atoms with van der Waals surface area (Å²) >= 11 is 0. The molecule has 0 saturated heterocycles. The van der Waals surface area contributed by atoms with Gasteiger partial charge in [0.15, 0.2) is 0 Å². The molecular formula is C14H22N4O2. The van der Waals surface area contributed by atoms with Gasteiger partial charge in [0.1, 0.15) is 5.76 Å². The minimum Gasteiger partial charge on any atom is -0.481 e. The van der Waals surface area contributed by atoms with Crippen molar-refractivity contribution in [3.8, 4) is 5.88 Å². The number of rotatable bonds is 6. The van der Waals surface area contributed by atoms with Gasteiger partial charge in [-0.05, 0) is 12.8 Å². The Morgan fingerprint density at radius 3 is 2.70 bits per heavy atom. The van der Waals surface area contributed by atoms with Crippen molar-refractivity contribution in [2.75, 3.05) is 7.11 Å². The molecular weight excluding hydrogens is 256 g/mol. The van der Waals surface area contributed by atoms with Crippen LogP contribution >= 0.6 is 0 Å². The topological polar surface area (TPSA) is 65.1 Å². The number of hydrogen-bond acceptors (Lipinski definition) is 5. The molecule has 110 valence electrons. The second-order valence-corrected chi connectivity index (χ2v) is 5.18. The molecule has 2 aromatic rings. The molecule has 0 bridgehead atoms. The highest BCUT2D eigenvalue weighted by Crippen LogP contribution is 2.26. The second kappa shape index (κ2) is 6.09. The van der Waals surface area contributed by atoms with Gasteiger partial charge in [-0.2, -0.15) is 5.10 Å². The molecule has 0 fully saturated rings. The Morgan fingerprint density at radius 2 is 2.15 bits per heavy atom. The van der Waals surface area contributed by atoms with E-state index >= 15 is 0 Å². The molecule has 1 N–H and O–H groups in total. The molecule has 0 aliphatic carbocycles. The first-order valence-corrected chi connectivity index (χ1v) is 6.75. The number of nitrogens with one attached hydrogen (secondary N) is 1. The van der Waals surface area contributed by atoms with E-state index in [2.05, 4.69) is 29.4 Å². The van der Waals surface area contributed by atoms with Crippen LogP contribution < -0.4 is 10.1 Å². The molecule has 0 radical (unpaired) electrons. The zero-order valence-electron chi connectivity index (χ0n) is 12.7. The zero-order valence-corrected chi connectivity index (χ0v) is 12.7. The van der Waals surface area contributed by atoms with Crippen molar-refractivity contribution < 1.29 is 9.26 Å². The van der Waals surface area contributed by atoms with Crippen LogP contribution in [0, 0.1) is 6.92 Å². The van der Waals surface area contributed by atoms with E-state index in [9.17, 15) is 0 Å². The first-order chi connectivity index (χ1) is 9.52. The summed E-state index contributed by atoms with van der Waals surface area (Å²) in [6.45, 7) is 7.50. The van der Waals surface area contributed by atoms with Gasteiger partial charge in [-0.15, -0.1) is 0 Å². The lowest BCUT2D eigenvalue weighted by molar-refractivity contribution is 0.367. The van der Waals surface area contributed by atoms with Crippen LogP contribution in [-0.4, -0.2) is 22.0 Å². The largest absolute Gasteiger partial charge is 0.481 e. The maximum atomic E-state index is 5.44. The Hall–Kier alpha value is -1.82. The number of ether oxygens (including phenoxy) is 1. The fourth-order valence-electron chi connectivity index (χ4n) is 2.27. The van der Waals surface area contributed by atoms with Gasteiger partial charge < -0.3 is 14.6 Å². The van der Waals surface area contributed by atoms with Crippen molar-refractivity contribution in [2.24, 2.45) is 7.05 Å². The highest BCUT2D eigenvalue weighted by atomic mass is 16.5. The molecule has 0 amide bonds. The monoisotopic (exact) mass is 278 g/mol. The van der Waals surface area contributed by atoms with Gasteiger partial charge in [-0.3, -0.25) is 0 Å². The van der Waals surface area contributed by atoms with Crippen molar-refractivity contribution in [3.05, 3.63) is 28.8 Å². The van der Waals surface area contributed by atoms with E-state index in [-0.39, 0.29) is 0 Å². The van der Waals surface area contributed by atoms with E-state index in [0.29, 0.717) is 19.0 Å². The number of methoxy groups -OCH3 is 1. The molecule has 0 spiro atoms. The maximum Gasteiger partial charge on any atom is 0.216 e. The Balaban J connectivity index is 2.08. The third kappa shape index (κ3) is 3.01. The van der Waals surface area contributed by atoms with Crippen LogP contribution in [0.2, 0.25) is 0 Å². The molecule has 2 aromatic heterocycles. The highest BCUT2D eigenvalue weighted by Gasteiger charge is 2.18. The van der Waals surface area contributed by atoms with Gasteiger partial charge >= 0.3 is 0 Å². The van der Waals surface area contributed by atoms with Gasteiger partial charge in [0.25, 0.3) is 0 Å². The molecule has 6 nitrogen and oxygen atoms in total. The van der Waals surface area contributed by atoms with Crippen LogP contribution in [0.4, 0.5) is 0 Å². The van der Waals surface area contributed by atoms with Crippen LogP contribution in [0.25, 0.3) is 0 Å². The average Bonchev–Trinajstić information content (AvgIpc) is 2.93. The third-order valence-corrected chi connectivity index (χ3v) is 3.14. The number of nitrogens with zero attached hydrogens (tertiary/aromatic N) is 3. The molecule has 6 heteroatoms.